The lowest BCUT2D eigenvalue weighted by atomic mass is 10.3. The molecule has 3 N–H and O–H groups in total. The van der Waals surface area contributed by atoms with E-state index in [-0.39, 0.29) is 25.6 Å². The Kier molecular flexibility index (Phi) is 6.87. The zero-order valence-corrected chi connectivity index (χ0v) is 11.8. The second kappa shape index (κ2) is 8.43. The summed E-state index contributed by atoms with van der Waals surface area (Å²) < 4.78 is 11.1. The highest BCUT2D eigenvalue weighted by Gasteiger charge is 2.03. The van der Waals surface area contributed by atoms with E-state index in [1.165, 1.54) is 0 Å². The Bertz CT molecular complexity index is 507. The number of halogens is 1. The van der Waals surface area contributed by atoms with Gasteiger partial charge in [0.05, 0.1) is 0 Å². The van der Waals surface area contributed by atoms with Crippen LogP contribution in [0.5, 0.6) is 17.2 Å². The van der Waals surface area contributed by atoms with Crippen LogP contribution < -0.4 is 15.2 Å². The van der Waals surface area contributed by atoms with Gasteiger partial charge in [-0.15, -0.1) is 12.4 Å². The van der Waals surface area contributed by atoms with E-state index in [2.05, 4.69) is 0 Å². The molecule has 0 saturated heterocycles. The third-order valence-electron chi connectivity index (χ3n) is 2.50. The Labute approximate surface area is 124 Å². The molecule has 1 unspecified atom stereocenters. The summed E-state index contributed by atoms with van der Waals surface area (Å²) in [6.07, 6.45) is -0.654. The minimum absolute atomic E-state index is 0. The second-order valence-electron chi connectivity index (χ2n) is 4.09. The van der Waals surface area contributed by atoms with Crippen LogP contribution in [-0.2, 0) is 0 Å². The van der Waals surface area contributed by atoms with Gasteiger partial charge < -0.3 is 20.3 Å². The molecule has 0 amide bonds. The molecule has 2 rings (SSSR count). The number of hydrogen-bond donors (Lipinski definition) is 2. The number of aliphatic hydroxyl groups excluding tert-OH is 1. The predicted molar refractivity (Wildman–Crippen MR) is 80.8 cm³/mol. The van der Waals surface area contributed by atoms with Gasteiger partial charge in [-0.05, 0) is 24.3 Å². The number of para-hydroxylation sites is 1. The van der Waals surface area contributed by atoms with E-state index in [9.17, 15) is 5.11 Å². The lowest BCUT2D eigenvalue weighted by Gasteiger charge is -2.11. The van der Waals surface area contributed by atoms with Crippen molar-refractivity contribution >= 4 is 12.4 Å². The van der Waals surface area contributed by atoms with Crippen molar-refractivity contribution in [3.05, 3.63) is 54.6 Å². The van der Waals surface area contributed by atoms with Crippen LogP contribution in [0.2, 0.25) is 0 Å². The average molecular weight is 296 g/mol. The van der Waals surface area contributed by atoms with Gasteiger partial charge in [-0.2, -0.15) is 0 Å². The molecule has 0 aromatic heterocycles. The number of hydrogen-bond acceptors (Lipinski definition) is 4. The molecule has 108 valence electrons. The number of aliphatic hydroxyl groups is 1. The Hall–Kier alpha value is -1.75. The predicted octanol–water partition coefficient (Wildman–Crippen LogP) is 2.60. The minimum atomic E-state index is -0.654. The van der Waals surface area contributed by atoms with E-state index in [4.69, 9.17) is 15.2 Å². The smallest absolute Gasteiger partial charge is 0.131 e. The maximum Gasteiger partial charge on any atom is 0.131 e. The molecule has 0 aliphatic carbocycles. The lowest BCUT2D eigenvalue weighted by molar-refractivity contribution is 0.114. The molecule has 0 radical (unpaired) electrons. The summed E-state index contributed by atoms with van der Waals surface area (Å²) in [5, 5.41) is 9.34. The standard InChI is InChI=1S/C15H17NO3.ClH/c16-10-12(17)11-18-14-7-4-8-15(9-14)19-13-5-2-1-3-6-13;/h1-9,12,17H,10-11,16H2;1H. The maximum absolute atomic E-state index is 9.34. The third-order valence-corrected chi connectivity index (χ3v) is 2.50. The van der Waals surface area contributed by atoms with E-state index in [1.54, 1.807) is 12.1 Å². The Balaban J connectivity index is 0.00000200. The summed E-state index contributed by atoms with van der Waals surface area (Å²) in [5.41, 5.74) is 5.31. The van der Waals surface area contributed by atoms with Crippen molar-refractivity contribution in [2.45, 2.75) is 6.10 Å². The van der Waals surface area contributed by atoms with Crippen LogP contribution >= 0.6 is 12.4 Å². The Morgan fingerprint density at radius 3 is 2.30 bits per heavy atom. The molecule has 5 heteroatoms. The van der Waals surface area contributed by atoms with Crippen LogP contribution in [0.4, 0.5) is 0 Å². The van der Waals surface area contributed by atoms with Gasteiger partial charge in [0.1, 0.15) is 30.0 Å². The van der Waals surface area contributed by atoms with Crippen LogP contribution in [0.1, 0.15) is 0 Å². The van der Waals surface area contributed by atoms with Crippen molar-refractivity contribution in [2.75, 3.05) is 13.2 Å². The fourth-order valence-electron chi connectivity index (χ4n) is 1.51. The molecule has 0 fully saturated rings. The summed E-state index contributed by atoms with van der Waals surface area (Å²) in [7, 11) is 0. The topological polar surface area (TPSA) is 64.7 Å². The molecule has 2 aromatic rings. The molecule has 0 aliphatic rings. The first-order valence-corrected chi connectivity index (χ1v) is 6.12. The Morgan fingerprint density at radius 1 is 0.950 bits per heavy atom. The van der Waals surface area contributed by atoms with Gasteiger partial charge in [0.2, 0.25) is 0 Å². The SMILES string of the molecule is Cl.NCC(O)COc1cccc(Oc2ccccc2)c1. The van der Waals surface area contributed by atoms with Crippen molar-refractivity contribution in [3.8, 4) is 17.2 Å². The quantitative estimate of drug-likeness (QED) is 0.860. The second-order valence-corrected chi connectivity index (χ2v) is 4.09. The van der Waals surface area contributed by atoms with Crippen molar-refractivity contribution in [3.63, 3.8) is 0 Å². The lowest BCUT2D eigenvalue weighted by Crippen LogP contribution is -2.26. The van der Waals surface area contributed by atoms with Crippen molar-refractivity contribution < 1.29 is 14.6 Å². The molecule has 0 spiro atoms. The fraction of sp³-hybridized carbons (Fsp3) is 0.200. The summed E-state index contributed by atoms with van der Waals surface area (Å²) in [6.45, 7) is 0.353. The molecule has 2 aromatic carbocycles. The van der Waals surface area contributed by atoms with E-state index < -0.39 is 6.10 Å². The first kappa shape index (κ1) is 16.3. The van der Waals surface area contributed by atoms with E-state index in [0.717, 1.165) is 5.75 Å². The van der Waals surface area contributed by atoms with Crippen molar-refractivity contribution in [1.82, 2.24) is 0 Å². The molecule has 0 saturated carbocycles. The molecule has 4 nitrogen and oxygen atoms in total. The number of nitrogens with two attached hydrogens (primary N) is 1. The normalized spacial score (nSPS) is 11.3. The number of benzene rings is 2. The summed E-state index contributed by atoms with van der Waals surface area (Å²) in [6, 6.07) is 16.8. The highest BCUT2D eigenvalue weighted by atomic mass is 35.5. The molecule has 0 aliphatic heterocycles. The average Bonchev–Trinajstić information content (AvgIpc) is 2.46. The van der Waals surface area contributed by atoms with E-state index >= 15 is 0 Å². The highest BCUT2D eigenvalue weighted by Crippen LogP contribution is 2.24. The van der Waals surface area contributed by atoms with Crippen LogP contribution in [0.3, 0.4) is 0 Å². The minimum Gasteiger partial charge on any atom is -0.491 e. The molecule has 0 bridgehead atoms. The molecule has 0 heterocycles. The van der Waals surface area contributed by atoms with Crippen LogP contribution in [-0.4, -0.2) is 24.4 Å². The summed E-state index contributed by atoms with van der Waals surface area (Å²) >= 11 is 0. The zero-order valence-electron chi connectivity index (χ0n) is 10.9. The van der Waals surface area contributed by atoms with Gasteiger partial charge in [0, 0.05) is 12.6 Å². The first-order valence-electron chi connectivity index (χ1n) is 6.12. The van der Waals surface area contributed by atoms with Gasteiger partial charge in [0.15, 0.2) is 0 Å². The van der Waals surface area contributed by atoms with Crippen LogP contribution in [0.25, 0.3) is 0 Å². The summed E-state index contributed by atoms with van der Waals surface area (Å²) in [4.78, 5) is 0. The largest absolute Gasteiger partial charge is 0.491 e. The summed E-state index contributed by atoms with van der Waals surface area (Å²) in [5.74, 6) is 2.09. The van der Waals surface area contributed by atoms with Crippen molar-refractivity contribution in [1.29, 1.82) is 0 Å². The first-order chi connectivity index (χ1) is 9.28. The van der Waals surface area contributed by atoms with Crippen molar-refractivity contribution in [2.24, 2.45) is 5.73 Å². The van der Waals surface area contributed by atoms with Gasteiger partial charge in [0.25, 0.3) is 0 Å². The van der Waals surface area contributed by atoms with Gasteiger partial charge in [-0.1, -0.05) is 24.3 Å². The molecular formula is C15H18ClNO3. The van der Waals surface area contributed by atoms with Crippen LogP contribution in [0, 0.1) is 0 Å². The number of ether oxygens (including phenoxy) is 2. The zero-order chi connectivity index (χ0) is 13.5. The monoisotopic (exact) mass is 295 g/mol. The van der Waals surface area contributed by atoms with E-state index in [1.807, 2.05) is 42.5 Å². The number of rotatable bonds is 6. The third kappa shape index (κ3) is 5.09. The molecule has 1 atom stereocenters. The molecular weight excluding hydrogens is 278 g/mol. The van der Waals surface area contributed by atoms with E-state index in [0.29, 0.717) is 11.5 Å². The molecule has 20 heavy (non-hydrogen) atoms. The maximum atomic E-state index is 9.34. The fourth-order valence-corrected chi connectivity index (χ4v) is 1.51. The van der Waals surface area contributed by atoms with Crippen LogP contribution in [0.15, 0.2) is 54.6 Å². The van der Waals surface area contributed by atoms with Gasteiger partial charge in [-0.25, -0.2) is 0 Å². The van der Waals surface area contributed by atoms with Gasteiger partial charge in [-0.3, -0.25) is 0 Å². The Morgan fingerprint density at radius 2 is 1.60 bits per heavy atom. The highest BCUT2D eigenvalue weighted by molar-refractivity contribution is 5.85. The van der Waals surface area contributed by atoms with Gasteiger partial charge >= 0.3 is 0 Å².